The number of hydrogen-bond donors (Lipinski definition) is 0. The number of hydrogen-bond acceptors (Lipinski definition) is 2. The average molecular weight is 643 g/mol. The third kappa shape index (κ3) is 10.7. The molecule has 0 saturated carbocycles. The molecule has 6 aromatic carbocycles. The Morgan fingerprint density at radius 3 is 0.488 bits per heavy atom. The van der Waals surface area contributed by atoms with Gasteiger partial charge in [0.1, 0.15) is 31.8 Å². The van der Waals surface area contributed by atoms with E-state index in [4.69, 9.17) is 9.59 Å². The van der Waals surface area contributed by atoms with Crippen molar-refractivity contribution in [3.8, 4) is 0 Å². The maximum absolute atomic E-state index is 7.75. The van der Waals surface area contributed by atoms with Gasteiger partial charge in [0, 0.05) is 0 Å². The Morgan fingerprint density at radius 1 is 0.256 bits per heavy atom. The van der Waals surface area contributed by atoms with Crippen LogP contribution >= 0.6 is 15.8 Å². The normalized spacial score (nSPS) is 9.53. The van der Waals surface area contributed by atoms with Crippen LogP contribution in [0.3, 0.4) is 0 Å². The summed E-state index contributed by atoms with van der Waals surface area (Å²) < 4.78 is 0. The molecule has 0 aromatic heterocycles. The van der Waals surface area contributed by atoms with E-state index in [0.717, 1.165) is 0 Å². The van der Waals surface area contributed by atoms with Crippen LogP contribution < -0.4 is 31.8 Å². The summed E-state index contributed by atoms with van der Waals surface area (Å²) in [5.41, 5.74) is 0. The van der Waals surface area contributed by atoms with E-state index in [1.807, 2.05) is 0 Å². The SMILES string of the molecule is [CH-]=O.[CH-]=O.[Ni+2].c1ccc([PH+](c2ccccc2)c2ccccc2)cc1.c1ccc([PH+](c2ccccc2)c2ccccc2)cc1. The van der Waals surface area contributed by atoms with E-state index in [1.54, 1.807) is 0 Å². The van der Waals surface area contributed by atoms with Crippen LogP contribution in [0.15, 0.2) is 182 Å². The van der Waals surface area contributed by atoms with E-state index in [0.29, 0.717) is 0 Å². The molecular weight excluding hydrogens is 609 g/mol. The van der Waals surface area contributed by atoms with E-state index < -0.39 is 15.8 Å². The Bertz CT molecular complexity index is 1220. The van der Waals surface area contributed by atoms with Gasteiger partial charge < -0.3 is 9.59 Å². The standard InChI is InChI=1S/2C18H15P.2CHO.Ni/c2*1-4-10-16(11-5-1)19(17-12-6-2-7-13-17)18-14-8-3-9-15-18;2*1-2;/h2*1-15H;2*1H;/q;;2*-1;+2/p+2. The molecule has 0 unspecified atom stereocenters. The second-order valence-electron chi connectivity index (χ2n) is 8.95. The maximum Gasteiger partial charge on any atom is 2.00 e. The van der Waals surface area contributed by atoms with E-state index in [-0.39, 0.29) is 16.5 Å². The van der Waals surface area contributed by atoms with Crippen LogP contribution in [0.2, 0.25) is 0 Å². The van der Waals surface area contributed by atoms with Crippen molar-refractivity contribution in [2.45, 2.75) is 0 Å². The van der Waals surface area contributed by atoms with Gasteiger partial charge in [-0.3, -0.25) is 13.6 Å². The van der Waals surface area contributed by atoms with Gasteiger partial charge in [-0.2, -0.15) is 0 Å². The molecular formula is C38H34NiO2P2+2. The molecule has 0 aliphatic heterocycles. The van der Waals surface area contributed by atoms with E-state index in [1.165, 1.54) is 31.8 Å². The van der Waals surface area contributed by atoms with Crippen molar-refractivity contribution < 1.29 is 26.1 Å². The van der Waals surface area contributed by atoms with Crippen LogP contribution in [0.4, 0.5) is 0 Å². The molecule has 0 spiro atoms. The molecule has 216 valence electrons. The van der Waals surface area contributed by atoms with Gasteiger partial charge in [0.05, 0.1) is 15.8 Å². The summed E-state index contributed by atoms with van der Waals surface area (Å²) in [6.45, 7) is 6.50. The minimum absolute atomic E-state index is 0. The molecule has 0 atom stereocenters. The molecule has 6 rings (SSSR count). The summed E-state index contributed by atoms with van der Waals surface area (Å²) in [5.74, 6) is 0. The van der Waals surface area contributed by atoms with Gasteiger partial charge in [-0.25, -0.2) is 0 Å². The molecule has 0 N–H and O–H groups in total. The van der Waals surface area contributed by atoms with Crippen molar-refractivity contribution in [3.05, 3.63) is 182 Å². The number of rotatable bonds is 6. The van der Waals surface area contributed by atoms with Crippen molar-refractivity contribution in [2.24, 2.45) is 0 Å². The fraction of sp³-hybridized carbons (Fsp3) is 0. The first-order chi connectivity index (χ1) is 20.9. The van der Waals surface area contributed by atoms with Gasteiger partial charge in [-0.05, 0) is 72.8 Å². The van der Waals surface area contributed by atoms with Crippen LogP contribution in [-0.2, 0) is 26.1 Å². The van der Waals surface area contributed by atoms with Gasteiger partial charge in [0.2, 0.25) is 0 Å². The van der Waals surface area contributed by atoms with Crippen molar-refractivity contribution in [2.75, 3.05) is 0 Å². The fourth-order valence-electron chi connectivity index (χ4n) is 4.63. The first-order valence-electron chi connectivity index (χ1n) is 13.4. The van der Waals surface area contributed by atoms with Crippen molar-refractivity contribution in [1.29, 1.82) is 0 Å². The average Bonchev–Trinajstić information content (AvgIpc) is 3.10. The fourth-order valence-corrected chi connectivity index (χ4v) is 9.78. The molecule has 0 fully saturated rings. The summed E-state index contributed by atoms with van der Waals surface area (Å²) in [5, 5.41) is 8.61. The van der Waals surface area contributed by atoms with E-state index in [9.17, 15) is 0 Å². The van der Waals surface area contributed by atoms with Crippen molar-refractivity contribution in [1.82, 2.24) is 0 Å². The van der Waals surface area contributed by atoms with Crippen LogP contribution in [0.1, 0.15) is 0 Å². The van der Waals surface area contributed by atoms with Crippen molar-refractivity contribution in [3.63, 3.8) is 0 Å². The van der Waals surface area contributed by atoms with Crippen LogP contribution in [0.25, 0.3) is 0 Å². The molecule has 43 heavy (non-hydrogen) atoms. The van der Waals surface area contributed by atoms with Gasteiger partial charge >= 0.3 is 16.5 Å². The Balaban J connectivity index is 0.000000264. The predicted octanol–water partition coefficient (Wildman–Crippen LogP) is 5.80. The summed E-state index contributed by atoms with van der Waals surface area (Å²) >= 11 is 0. The quantitative estimate of drug-likeness (QED) is 0.0996. The summed E-state index contributed by atoms with van der Waals surface area (Å²) in [4.78, 5) is 15.5. The van der Waals surface area contributed by atoms with Gasteiger partial charge in [-0.15, -0.1) is 0 Å². The molecule has 5 heteroatoms. The summed E-state index contributed by atoms with van der Waals surface area (Å²) in [7, 11) is -1.75. The minimum atomic E-state index is -0.877. The zero-order valence-electron chi connectivity index (χ0n) is 23.6. The smallest absolute Gasteiger partial charge is 0.545 e. The van der Waals surface area contributed by atoms with Gasteiger partial charge in [0.25, 0.3) is 0 Å². The van der Waals surface area contributed by atoms with Crippen LogP contribution in [-0.4, -0.2) is 13.6 Å². The number of carbonyl (C=O) groups excluding carboxylic acids is 2. The summed E-state index contributed by atoms with van der Waals surface area (Å²) in [6.07, 6.45) is 0. The second kappa shape index (κ2) is 20.8. The third-order valence-corrected chi connectivity index (χ3v) is 11.8. The molecule has 0 aliphatic carbocycles. The number of benzene rings is 6. The molecule has 0 radical (unpaired) electrons. The molecule has 6 aromatic rings. The van der Waals surface area contributed by atoms with E-state index >= 15 is 0 Å². The Hall–Kier alpha value is -3.99. The second-order valence-corrected chi connectivity index (χ2v) is 13.9. The van der Waals surface area contributed by atoms with Crippen molar-refractivity contribution >= 4 is 61.2 Å². The summed E-state index contributed by atoms with van der Waals surface area (Å²) in [6, 6.07) is 65.0. The van der Waals surface area contributed by atoms with Gasteiger partial charge in [-0.1, -0.05) is 109 Å². The first kappa shape index (κ1) is 35.2. The Kier molecular flexibility index (Phi) is 17.0. The van der Waals surface area contributed by atoms with Crippen LogP contribution in [0.5, 0.6) is 0 Å². The predicted molar refractivity (Wildman–Crippen MR) is 187 cm³/mol. The molecule has 0 aliphatic rings. The van der Waals surface area contributed by atoms with Crippen LogP contribution in [0, 0.1) is 0 Å². The monoisotopic (exact) mass is 642 g/mol. The molecule has 0 bridgehead atoms. The van der Waals surface area contributed by atoms with E-state index in [2.05, 4.69) is 196 Å². The largest absolute Gasteiger partial charge is 2.00 e. The molecule has 2 nitrogen and oxygen atoms in total. The molecule has 0 saturated heterocycles. The maximum atomic E-state index is 7.75. The Labute approximate surface area is 268 Å². The molecule has 0 heterocycles. The first-order valence-corrected chi connectivity index (χ1v) is 16.4. The van der Waals surface area contributed by atoms with Gasteiger partial charge in [0.15, 0.2) is 0 Å². The third-order valence-electron chi connectivity index (χ3n) is 6.37. The minimum Gasteiger partial charge on any atom is -0.545 e. The topological polar surface area (TPSA) is 34.1 Å². The molecule has 0 amide bonds. The Morgan fingerprint density at radius 2 is 0.372 bits per heavy atom. The zero-order chi connectivity index (χ0) is 29.8. The zero-order valence-corrected chi connectivity index (χ0v) is 26.6.